The number of hydrogen-bond acceptors (Lipinski definition) is 2. The van der Waals surface area contributed by atoms with Crippen LogP contribution in [0.2, 0.25) is 0 Å². The first kappa shape index (κ1) is 12.1. The standard InChI is InChI=1S/C14H14N2O2/c1-11-7-3-5-9-13(11)15(17)16(18)14-10-6-4-8-12(14)2/h3-10H,1-2H3/b16-15+. The van der Waals surface area contributed by atoms with E-state index in [4.69, 9.17) is 0 Å². The van der Waals surface area contributed by atoms with E-state index in [9.17, 15) is 10.4 Å². The summed E-state index contributed by atoms with van der Waals surface area (Å²) < 4.78 is 0. The third-order valence-corrected chi connectivity index (χ3v) is 2.81. The third kappa shape index (κ3) is 2.18. The van der Waals surface area contributed by atoms with E-state index in [1.165, 1.54) is 0 Å². The van der Waals surface area contributed by atoms with Gasteiger partial charge in [0, 0.05) is 23.3 Å². The van der Waals surface area contributed by atoms with E-state index in [-0.39, 0.29) is 0 Å². The predicted octanol–water partition coefficient (Wildman–Crippen LogP) is 3.74. The predicted molar refractivity (Wildman–Crippen MR) is 68.9 cm³/mol. The molecule has 92 valence electrons. The van der Waals surface area contributed by atoms with E-state index in [1.807, 2.05) is 12.1 Å². The molecule has 0 bridgehead atoms. The lowest BCUT2D eigenvalue weighted by atomic mass is 10.2. The van der Waals surface area contributed by atoms with Gasteiger partial charge in [-0.1, -0.05) is 36.4 Å². The number of para-hydroxylation sites is 2. The Labute approximate surface area is 106 Å². The zero-order valence-corrected chi connectivity index (χ0v) is 10.3. The maximum Gasteiger partial charge on any atom is 0.290 e. The largest absolute Gasteiger partial charge is 0.561 e. The summed E-state index contributed by atoms with van der Waals surface area (Å²) in [5, 5.41) is 24.1. The topological polar surface area (TPSA) is 52.1 Å². The van der Waals surface area contributed by atoms with Gasteiger partial charge >= 0.3 is 0 Å². The number of aryl methyl sites for hydroxylation is 2. The highest BCUT2D eigenvalue weighted by Crippen LogP contribution is 2.22. The third-order valence-electron chi connectivity index (χ3n) is 2.81. The molecule has 0 spiro atoms. The molecule has 0 atom stereocenters. The van der Waals surface area contributed by atoms with Crippen molar-refractivity contribution in [3.05, 3.63) is 70.1 Å². The fourth-order valence-corrected chi connectivity index (χ4v) is 1.75. The average Bonchev–Trinajstić information content (AvgIpc) is 2.38. The summed E-state index contributed by atoms with van der Waals surface area (Å²) in [6.07, 6.45) is 0. The fraction of sp³-hybridized carbons (Fsp3) is 0.143. The van der Waals surface area contributed by atoms with Crippen molar-refractivity contribution in [2.45, 2.75) is 13.8 Å². The van der Waals surface area contributed by atoms with Gasteiger partial charge in [-0.05, 0) is 13.8 Å². The Balaban J connectivity index is 2.55. The second-order valence-corrected chi connectivity index (χ2v) is 4.12. The number of hydrogen-bond donors (Lipinski definition) is 0. The second kappa shape index (κ2) is 4.87. The van der Waals surface area contributed by atoms with E-state index >= 15 is 0 Å². The van der Waals surface area contributed by atoms with Gasteiger partial charge in [-0.3, -0.25) is 0 Å². The lowest BCUT2D eigenvalue weighted by Gasteiger charge is -2.05. The summed E-state index contributed by atoms with van der Waals surface area (Å²) >= 11 is 0. The number of benzene rings is 2. The van der Waals surface area contributed by atoms with Crippen LogP contribution < -0.4 is 0 Å². The van der Waals surface area contributed by atoms with Gasteiger partial charge in [0.25, 0.3) is 11.4 Å². The molecule has 4 heteroatoms. The molecule has 4 nitrogen and oxygen atoms in total. The number of rotatable bonds is 2. The molecule has 0 radical (unpaired) electrons. The van der Waals surface area contributed by atoms with Crippen LogP contribution in [-0.2, 0) is 0 Å². The molecule has 0 aliphatic heterocycles. The van der Waals surface area contributed by atoms with Crippen molar-refractivity contribution >= 4 is 11.4 Å². The Morgan fingerprint density at radius 1 is 0.667 bits per heavy atom. The van der Waals surface area contributed by atoms with Gasteiger partial charge in [-0.2, -0.15) is 0 Å². The molecular formula is C14H14N2O2. The normalized spacial score (nSPS) is 12.1. The second-order valence-electron chi connectivity index (χ2n) is 4.12. The van der Waals surface area contributed by atoms with Crippen molar-refractivity contribution in [3.63, 3.8) is 0 Å². The highest BCUT2D eigenvalue weighted by Gasteiger charge is 2.18. The minimum Gasteiger partial charge on any atom is -0.561 e. The Morgan fingerprint density at radius 2 is 1.00 bits per heavy atom. The molecule has 0 fully saturated rings. The van der Waals surface area contributed by atoms with Crippen molar-refractivity contribution < 1.29 is 9.72 Å². The molecule has 0 N–H and O–H groups in total. The average molecular weight is 242 g/mol. The number of azo groups is 1. The zero-order valence-electron chi connectivity index (χ0n) is 10.3. The van der Waals surface area contributed by atoms with E-state index in [1.54, 1.807) is 50.2 Å². The Hall–Kier alpha value is -2.36. The molecule has 0 unspecified atom stereocenters. The molecular weight excluding hydrogens is 228 g/mol. The summed E-state index contributed by atoms with van der Waals surface area (Å²) in [6.45, 7) is 3.60. The van der Waals surface area contributed by atoms with E-state index in [0.29, 0.717) is 21.1 Å². The van der Waals surface area contributed by atoms with Gasteiger partial charge in [-0.25, -0.2) is 0 Å². The SMILES string of the molecule is Cc1ccccc1/[N+]([O-])=[N+](\[O-])c1ccccc1C. The van der Waals surface area contributed by atoms with Crippen molar-refractivity contribution in [1.82, 2.24) is 0 Å². The molecule has 0 aliphatic rings. The van der Waals surface area contributed by atoms with Gasteiger partial charge < -0.3 is 10.4 Å². The van der Waals surface area contributed by atoms with Crippen LogP contribution in [0.3, 0.4) is 0 Å². The molecule has 0 heterocycles. The summed E-state index contributed by atoms with van der Waals surface area (Å²) in [4.78, 5) is 0.745. The summed E-state index contributed by atoms with van der Waals surface area (Å²) in [7, 11) is 0. The zero-order chi connectivity index (χ0) is 13.1. The van der Waals surface area contributed by atoms with E-state index in [0.717, 1.165) is 11.1 Å². The summed E-state index contributed by atoms with van der Waals surface area (Å²) in [6, 6.07) is 14.0. The van der Waals surface area contributed by atoms with Crippen molar-refractivity contribution in [2.75, 3.05) is 0 Å². The van der Waals surface area contributed by atoms with Crippen molar-refractivity contribution in [3.8, 4) is 0 Å². The first-order valence-corrected chi connectivity index (χ1v) is 5.67. The van der Waals surface area contributed by atoms with Crippen molar-refractivity contribution in [1.29, 1.82) is 0 Å². The Bertz CT molecular complexity index is 553. The number of nitrogens with zero attached hydrogens (tertiary/aromatic N) is 2. The highest BCUT2D eigenvalue weighted by molar-refractivity contribution is 5.39. The van der Waals surface area contributed by atoms with Gasteiger partial charge in [0.05, 0.1) is 9.72 Å². The smallest absolute Gasteiger partial charge is 0.290 e. The van der Waals surface area contributed by atoms with Gasteiger partial charge in [0.15, 0.2) is 0 Å². The molecule has 2 aromatic carbocycles. The van der Waals surface area contributed by atoms with Crippen LogP contribution in [-0.4, -0.2) is 9.72 Å². The molecule has 0 saturated carbocycles. The maximum atomic E-state index is 12.0. The van der Waals surface area contributed by atoms with Crippen LogP contribution in [0.5, 0.6) is 0 Å². The van der Waals surface area contributed by atoms with E-state index < -0.39 is 0 Å². The van der Waals surface area contributed by atoms with Crippen LogP contribution in [0, 0.1) is 24.3 Å². The lowest BCUT2D eigenvalue weighted by Crippen LogP contribution is -2.10. The van der Waals surface area contributed by atoms with Crippen LogP contribution in [0.1, 0.15) is 11.1 Å². The van der Waals surface area contributed by atoms with Gasteiger partial charge in [0.2, 0.25) is 0 Å². The quantitative estimate of drug-likeness (QED) is 0.457. The van der Waals surface area contributed by atoms with Crippen LogP contribution in [0.15, 0.2) is 48.5 Å². The van der Waals surface area contributed by atoms with Crippen LogP contribution in [0.25, 0.3) is 0 Å². The fourth-order valence-electron chi connectivity index (χ4n) is 1.75. The molecule has 2 aromatic rings. The lowest BCUT2D eigenvalue weighted by molar-refractivity contribution is -0.896. The van der Waals surface area contributed by atoms with Crippen LogP contribution in [0.4, 0.5) is 11.4 Å². The summed E-state index contributed by atoms with van der Waals surface area (Å²) in [5.74, 6) is 0. The minimum atomic E-state index is 0.357. The summed E-state index contributed by atoms with van der Waals surface area (Å²) in [5.41, 5.74) is 2.25. The molecule has 0 aromatic heterocycles. The molecule has 18 heavy (non-hydrogen) atoms. The molecule has 0 saturated heterocycles. The first-order chi connectivity index (χ1) is 8.61. The Morgan fingerprint density at radius 3 is 1.33 bits per heavy atom. The van der Waals surface area contributed by atoms with Gasteiger partial charge in [0.1, 0.15) is 0 Å². The maximum absolute atomic E-state index is 12.0. The minimum absolute atomic E-state index is 0.357. The van der Waals surface area contributed by atoms with E-state index in [2.05, 4.69) is 0 Å². The first-order valence-electron chi connectivity index (χ1n) is 5.67. The molecule has 0 amide bonds. The van der Waals surface area contributed by atoms with Gasteiger partial charge in [-0.15, -0.1) is 0 Å². The van der Waals surface area contributed by atoms with Crippen LogP contribution >= 0.6 is 0 Å². The molecule has 2 rings (SSSR count). The molecule has 0 aliphatic carbocycles. The Kier molecular flexibility index (Phi) is 3.28. The highest BCUT2D eigenvalue weighted by atomic mass is 16.6. The van der Waals surface area contributed by atoms with Crippen molar-refractivity contribution in [2.24, 2.45) is 0 Å². The monoisotopic (exact) mass is 242 g/mol.